The number of alkyl halides is 9. The fourth-order valence-electron chi connectivity index (χ4n) is 2.36. The average molecular weight is 438 g/mol. The topological polar surface area (TPSA) is 41.1 Å². The number of furan rings is 1. The fraction of sp³-hybridized carbons (Fsp3) is 0.286. The first kappa shape index (κ1) is 20.3. The van der Waals surface area contributed by atoms with Crippen LogP contribution in [0.25, 0.3) is 0 Å². The van der Waals surface area contributed by atoms with Gasteiger partial charge in [0.05, 0.1) is 16.9 Å². The Kier molecular flexibility index (Phi) is 4.37. The van der Waals surface area contributed by atoms with Gasteiger partial charge < -0.3 is 4.42 Å². The van der Waals surface area contributed by atoms with Gasteiger partial charge >= 0.3 is 24.2 Å². The maximum Gasteiger partial charge on any atom is 0.443 e. The minimum Gasteiger partial charge on any atom is -0.461 e. The molecule has 14 heteroatoms. The maximum absolute atomic E-state index is 13.4. The van der Waals surface area contributed by atoms with E-state index < -0.39 is 52.2 Å². The number of aliphatic imine (C=N–C) groups is 2. The Bertz CT molecular complexity index is 890. The highest BCUT2D eigenvalue weighted by Crippen LogP contribution is 2.50. The van der Waals surface area contributed by atoms with E-state index in [1.807, 2.05) is 0 Å². The molecule has 0 radical (unpaired) electrons. The van der Waals surface area contributed by atoms with Crippen LogP contribution in [0.1, 0.15) is 5.76 Å². The van der Waals surface area contributed by atoms with E-state index in [1.165, 1.54) is 0 Å². The zero-order valence-corrected chi connectivity index (χ0v) is 13.7. The van der Waals surface area contributed by atoms with E-state index in [-0.39, 0.29) is 17.2 Å². The molecule has 4 nitrogen and oxygen atoms in total. The van der Waals surface area contributed by atoms with Crippen LogP contribution in [-0.2, 0) is 0 Å². The summed E-state index contributed by atoms with van der Waals surface area (Å²) in [4.78, 5) is 5.50. The monoisotopic (exact) mass is 437 g/mol. The van der Waals surface area contributed by atoms with Crippen molar-refractivity contribution in [2.24, 2.45) is 9.98 Å². The lowest BCUT2D eigenvalue weighted by molar-refractivity contribution is -0.292. The van der Waals surface area contributed by atoms with Crippen LogP contribution in [0, 0.1) is 0 Å². The quantitative estimate of drug-likeness (QED) is 0.571. The summed E-state index contributed by atoms with van der Waals surface area (Å²) in [6, 6.07) is 2.02. The first-order chi connectivity index (χ1) is 12.7. The molecule has 0 N–H and O–H groups in total. The lowest BCUT2D eigenvalue weighted by Gasteiger charge is -2.38. The van der Waals surface area contributed by atoms with Gasteiger partial charge in [-0.15, -0.1) is 0 Å². The van der Waals surface area contributed by atoms with Crippen molar-refractivity contribution in [1.82, 2.24) is 4.90 Å². The highest BCUT2D eigenvalue weighted by atomic mass is 35.5. The molecule has 0 spiro atoms. The number of halogens is 10. The molecule has 2 aliphatic heterocycles. The maximum atomic E-state index is 13.4. The smallest absolute Gasteiger partial charge is 0.443 e. The Hall–Kier alpha value is -2.44. The Labute approximate surface area is 154 Å². The Morgan fingerprint density at radius 1 is 0.929 bits per heavy atom. The van der Waals surface area contributed by atoms with E-state index in [2.05, 4.69) is 9.98 Å². The molecule has 0 bridgehead atoms. The molecule has 0 saturated carbocycles. The summed E-state index contributed by atoms with van der Waals surface area (Å²) in [6.07, 6.45) is -15.9. The van der Waals surface area contributed by atoms with Crippen LogP contribution in [0.3, 0.4) is 0 Å². The van der Waals surface area contributed by atoms with Gasteiger partial charge in [0.15, 0.2) is 17.4 Å². The highest BCUT2D eigenvalue weighted by molar-refractivity contribution is 6.45. The highest BCUT2D eigenvalue weighted by Gasteiger charge is 2.74. The van der Waals surface area contributed by atoms with Crippen LogP contribution in [-0.4, -0.2) is 40.8 Å². The van der Waals surface area contributed by atoms with Gasteiger partial charge in [-0.05, 0) is 18.2 Å². The minimum absolute atomic E-state index is 0.166. The summed E-state index contributed by atoms with van der Waals surface area (Å²) in [5.41, 5.74) is -6.42. The molecule has 0 aliphatic carbocycles. The van der Waals surface area contributed by atoms with Gasteiger partial charge in [-0.3, -0.25) is 4.90 Å². The van der Waals surface area contributed by atoms with Crippen molar-refractivity contribution in [3.63, 3.8) is 0 Å². The zero-order valence-electron chi connectivity index (χ0n) is 12.9. The molecule has 0 amide bonds. The van der Waals surface area contributed by atoms with E-state index in [1.54, 1.807) is 0 Å². The predicted octanol–water partition coefficient (Wildman–Crippen LogP) is 5.14. The lowest BCUT2D eigenvalue weighted by atomic mass is 10.1. The molecule has 2 aliphatic rings. The van der Waals surface area contributed by atoms with Gasteiger partial charge in [0.25, 0.3) is 0 Å². The molecule has 152 valence electrons. The number of hydrogen-bond acceptors (Lipinski definition) is 4. The Morgan fingerprint density at radius 2 is 1.50 bits per heavy atom. The Morgan fingerprint density at radius 3 is 1.96 bits per heavy atom. The average Bonchev–Trinajstić information content (AvgIpc) is 3.05. The number of amidine groups is 2. The van der Waals surface area contributed by atoms with Crippen LogP contribution in [0.15, 0.2) is 55.7 Å². The van der Waals surface area contributed by atoms with Gasteiger partial charge in [0.2, 0.25) is 0 Å². The third kappa shape index (κ3) is 3.06. The normalized spacial score (nSPS) is 20.1. The van der Waals surface area contributed by atoms with Crippen LogP contribution >= 0.6 is 11.6 Å². The molecule has 0 unspecified atom stereocenters. The van der Waals surface area contributed by atoms with E-state index in [9.17, 15) is 39.5 Å². The van der Waals surface area contributed by atoms with E-state index in [0.717, 1.165) is 18.4 Å². The molecule has 0 fully saturated rings. The molecule has 1 aromatic rings. The SMILES string of the molecule is FC(F)(F)C1=CN2C(=NC(C(F)(F)F)(C(F)(F)F)N=C2c2ccco2)C(Cl)=C1. The molecule has 3 heterocycles. The molecular formula is C14H5ClF9N3O. The van der Waals surface area contributed by atoms with Gasteiger partial charge in [0, 0.05) is 6.20 Å². The molecular weight excluding hydrogens is 433 g/mol. The molecule has 0 atom stereocenters. The second-order valence-electron chi connectivity index (χ2n) is 5.46. The summed E-state index contributed by atoms with van der Waals surface area (Å²) in [6.45, 7) is 0. The third-order valence-corrected chi connectivity index (χ3v) is 3.89. The molecule has 3 rings (SSSR count). The standard InChI is InChI=1S/C14H5ClF9N3O/c15-7-4-6(11(16,17)18)5-27-9(7)25-12(13(19,20)21,14(22,23)24)26-10(27)8-2-1-3-28-8/h1-5H. The van der Waals surface area contributed by atoms with Crippen LogP contribution in [0.5, 0.6) is 0 Å². The van der Waals surface area contributed by atoms with Crippen LogP contribution in [0.2, 0.25) is 0 Å². The largest absolute Gasteiger partial charge is 0.461 e. The number of hydrogen-bond donors (Lipinski definition) is 0. The van der Waals surface area contributed by atoms with Gasteiger partial charge in [-0.2, -0.15) is 39.5 Å². The van der Waals surface area contributed by atoms with Crippen molar-refractivity contribution in [3.05, 3.63) is 47.0 Å². The third-order valence-electron chi connectivity index (χ3n) is 3.62. The Balaban J connectivity index is 2.33. The van der Waals surface area contributed by atoms with Crippen LogP contribution in [0.4, 0.5) is 39.5 Å². The summed E-state index contributed by atoms with van der Waals surface area (Å²) < 4.78 is 124. The summed E-state index contributed by atoms with van der Waals surface area (Å²) >= 11 is 5.57. The van der Waals surface area contributed by atoms with Crippen molar-refractivity contribution < 1.29 is 43.9 Å². The van der Waals surface area contributed by atoms with Crippen molar-refractivity contribution in [2.45, 2.75) is 24.2 Å². The van der Waals surface area contributed by atoms with Crippen LogP contribution < -0.4 is 0 Å². The van der Waals surface area contributed by atoms with Gasteiger partial charge in [-0.1, -0.05) is 11.6 Å². The number of fused-ring (bicyclic) bond motifs is 1. The van der Waals surface area contributed by atoms with Crippen molar-refractivity contribution in [3.8, 4) is 0 Å². The lowest BCUT2D eigenvalue weighted by Crippen LogP contribution is -2.59. The van der Waals surface area contributed by atoms with Gasteiger partial charge in [0.1, 0.15) is 0 Å². The summed E-state index contributed by atoms with van der Waals surface area (Å²) in [5, 5.41) is -1.09. The first-order valence-electron chi connectivity index (χ1n) is 7.00. The van der Waals surface area contributed by atoms with E-state index >= 15 is 0 Å². The first-order valence-corrected chi connectivity index (χ1v) is 7.38. The fourth-order valence-corrected chi connectivity index (χ4v) is 2.61. The molecule has 0 saturated heterocycles. The summed E-state index contributed by atoms with van der Waals surface area (Å²) in [5.74, 6) is -3.07. The molecule has 28 heavy (non-hydrogen) atoms. The van der Waals surface area contributed by atoms with E-state index in [0.29, 0.717) is 0 Å². The molecule has 0 aromatic carbocycles. The number of rotatable bonds is 1. The molecule has 1 aromatic heterocycles. The second-order valence-corrected chi connectivity index (χ2v) is 5.87. The number of nitrogens with zero attached hydrogens (tertiary/aromatic N) is 3. The number of allylic oxidation sites excluding steroid dienone is 2. The van der Waals surface area contributed by atoms with Crippen molar-refractivity contribution >= 4 is 23.3 Å². The minimum atomic E-state index is -6.08. The van der Waals surface area contributed by atoms with Gasteiger partial charge in [-0.25, -0.2) is 9.98 Å². The van der Waals surface area contributed by atoms with E-state index in [4.69, 9.17) is 16.0 Å². The summed E-state index contributed by atoms with van der Waals surface area (Å²) in [7, 11) is 0. The second kappa shape index (κ2) is 6.03. The predicted molar refractivity (Wildman–Crippen MR) is 77.4 cm³/mol. The van der Waals surface area contributed by atoms with Crippen molar-refractivity contribution in [1.29, 1.82) is 0 Å². The van der Waals surface area contributed by atoms with Crippen molar-refractivity contribution in [2.75, 3.05) is 0 Å². The zero-order chi connectivity index (χ0) is 21.1.